The Bertz CT molecular complexity index is 896. The van der Waals surface area contributed by atoms with E-state index in [4.69, 9.17) is 0 Å². The molecule has 0 unspecified atom stereocenters. The van der Waals surface area contributed by atoms with Crippen molar-refractivity contribution >= 4 is 11.8 Å². The first-order valence-corrected chi connectivity index (χ1v) is 10.6. The van der Waals surface area contributed by atoms with Crippen LogP contribution in [-0.2, 0) is 4.79 Å². The van der Waals surface area contributed by atoms with Crippen LogP contribution in [0.4, 0.5) is 4.39 Å². The molecule has 158 valence electrons. The van der Waals surface area contributed by atoms with Crippen LogP contribution in [0.3, 0.4) is 0 Å². The van der Waals surface area contributed by atoms with Gasteiger partial charge in [-0.05, 0) is 43.5 Å². The Morgan fingerprint density at radius 1 is 1.13 bits per heavy atom. The third-order valence-corrected chi connectivity index (χ3v) is 5.93. The second-order valence-electron chi connectivity index (χ2n) is 8.05. The molecule has 1 aromatic carbocycles. The van der Waals surface area contributed by atoms with Crippen LogP contribution in [0, 0.1) is 11.7 Å². The fourth-order valence-electron chi connectivity index (χ4n) is 4.30. The highest BCUT2D eigenvalue weighted by Gasteiger charge is 2.31. The Morgan fingerprint density at radius 3 is 2.70 bits per heavy atom. The minimum absolute atomic E-state index is 0.00832. The summed E-state index contributed by atoms with van der Waals surface area (Å²) in [6, 6.07) is 9.63. The molecule has 1 saturated heterocycles. The van der Waals surface area contributed by atoms with Gasteiger partial charge in [-0.2, -0.15) is 0 Å². The molecule has 0 radical (unpaired) electrons. The molecule has 1 aromatic heterocycles. The van der Waals surface area contributed by atoms with E-state index in [1.807, 2.05) is 4.90 Å². The number of aromatic nitrogens is 1. The summed E-state index contributed by atoms with van der Waals surface area (Å²) in [4.78, 5) is 31.7. The number of carbonyl (C=O) groups is 2. The number of nitrogens with one attached hydrogen (secondary N) is 2. The SMILES string of the molecule is O=C(N[C@H]1CCC[C@H](C(=O)N2CCNCC2)C1)c1ccc(-c2cccc(F)c2)nc1. The monoisotopic (exact) mass is 410 g/mol. The average molecular weight is 410 g/mol. The molecule has 7 heteroatoms. The van der Waals surface area contributed by atoms with Gasteiger partial charge in [0.25, 0.3) is 5.91 Å². The molecule has 4 rings (SSSR count). The molecule has 2 aliphatic rings. The fraction of sp³-hybridized carbons (Fsp3) is 0.435. The number of hydrogen-bond acceptors (Lipinski definition) is 4. The van der Waals surface area contributed by atoms with Gasteiger partial charge in [-0.25, -0.2) is 4.39 Å². The fourth-order valence-corrected chi connectivity index (χ4v) is 4.30. The Kier molecular flexibility index (Phi) is 6.38. The first-order chi connectivity index (χ1) is 14.6. The van der Waals surface area contributed by atoms with Gasteiger partial charge in [0, 0.05) is 49.9 Å². The molecule has 1 saturated carbocycles. The van der Waals surface area contributed by atoms with Gasteiger partial charge < -0.3 is 15.5 Å². The van der Waals surface area contributed by atoms with E-state index in [9.17, 15) is 14.0 Å². The van der Waals surface area contributed by atoms with Crippen LogP contribution in [-0.4, -0.2) is 53.9 Å². The van der Waals surface area contributed by atoms with Crippen LogP contribution >= 0.6 is 0 Å². The van der Waals surface area contributed by atoms with Crippen LogP contribution in [0.15, 0.2) is 42.6 Å². The molecule has 6 nitrogen and oxygen atoms in total. The van der Waals surface area contributed by atoms with Gasteiger partial charge in [-0.3, -0.25) is 14.6 Å². The number of nitrogens with zero attached hydrogens (tertiary/aromatic N) is 2. The highest BCUT2D eigenvalue weighted by molar-refractivity contribution is 5.94. The van der Waals surface area contributed by atoms with Crippen molar-refractivity contribution in [3.05, 3.63) is 54.0 Å². The lowest BCUT2D eigenvalue weighted by Gasteiger charge is -2.35. The summed E-state index contributed by atoms with van der Waals surface area (Å²) in [5.41, 5.74) is 1.75. The van der Waals surface area contributed by atoms with E-state index in [-0.39, 0.29) is 29.6 Å². The van der Waals surface area contributed by atoms with Gasteiger partial charge in [0.05, 0.1) is 11.3 Å². The standard InChI is InChI=1S/C23H27FN4O2/c24-19-5-1-3-16(13-19)21-8-7-18(15-26-21)22(29)27-20-6-2-4-17(14-20)23(30)28-11-9-25-10-12-28/h1,3,5,7-8,13,15,17,20,25H,2,4,6,9-12,14H2,(H,27,29)/t17-,20-/m0/s1. The first kappa shape index (κ1) is 20.5. The molecule has 2 atom stereocenters. The molecule has 0 bridgehead atoms. The van der Waals surface area contributed by atoms with E-state index >= 15 is 0 Å². The van der Waals surface area contributed by atoms with E-state index < -0.39 is 0 Å². The Morgan fingerprint density at radius 2 is 1.97 bits per heavy atom. The molecule has 0 spiro atoms. The van der Waals surface area contributed by atoms with Crippen molar-refractivity contribution in [2.75, 3.05) is 26.2 Å². The largest absolute Gasteiger partial charge is 0.349 e. The molecule has 2 fully saturated rings. The first-order valence-electron chi connectivity index (χ1n) is 10.6. The molecule has 1 aliphatic heterocycles. The highest BCUT2D eigenvalue weighted by Crippen LogP contribution is 2.27. The van der Waals surface area contributed by atoms with Crippen LogP contribution < -0.4 is 10.6 Å². The van der Waals surface area contributed by atoms with Gasteiger partial charge in [0.2, 0.25) is 5.91 Å². The summed E-state index contributed by atoms with van der Waals surface area (Å²) >= 11 is 0. The number of halogens is 1. The second kappa shape index (κ2) is 9.34. The lowest BCUT2D eigenvalue weighted by Crippen LogP contribution is -2.50. The molecular formula is C23H27FN4O2. The van der Waals surface area contributed by atoms with Crippen LogP contribution in [0.2, 0.25) is 0 Å². The van der Waals surface area contributed by atoms with Crippen molar-refractivity contribution in [1.29, 1.82) is 0 Å². The molecule has 30 heavy (non-hydrogen) atoms. The molecule has 2 heterocycles. The number of rotatable bonds is 4. The Labute approximate surface area is 175 Å². The normalized spacial score (nSPS) is 21.8. The molecule has 2 N–H and O–H groups in total. The number of piperazine rings is 1. The van der Waals surface area contributed by atoms with Gasteiger partial charge in [-0.15, -0.1) is 0 Å². The van der Waals surface area contributed by atoms with E-state index in [0.29, 0.717) is 23.2 Å². The number of amides is 2. The summed E-state index contributed by atoms with van der Waals surface area (Å²) < 4.78 is 13.4. The Hall–Kier alpha value is -2.80. The second-order valence-corrected chi connectivity index (χ2v) is 8.05. The maximum absolute atomic E-state index is 13.4. The van der Waals surface area contributed by atoms with E-state index in [2.05, 4.69) is 15.6 Å². The van der Waals surface area contributed by atoms with Crippen molar-refractivity contribution < 1.29 is 14.0 Å². The molecule has 2 amide bonds. The van der Waals surface area contributed by atoms with Crippen molar-refractivity contribution in [1.82, 2.24) is 20.5 Å². The van der Waals surface area contributed by atoms with Crippen molar-refractivity contribution in [3.63, 3.8) is 0 Å². The maximum atomic E-state index is 13.4. The smallest absolute Gasteiger partial charge is 0.253 e. The zero-order valence-electron chi connectivity index (χ0n) is 16.9. The zero-order valence-corrected chi connectivity index (χ0v) is 16.9. The number of pyridine rings is 1. The summed E-state index contributed by atoms with van der Waals surface area (Å²) in [7, 11) is 0. The van der Waals surface area contributed by atoms with Gasteiger partial charge in [0.15, 0.2) is 0 Å². The van der Waals surface area contributed by atoms with Crippen molar-refractivity contribution in [2.45, 2.75) is 31.7 Å². The molecule has 1 aliphatic carbocycles. The van der Waals surface area contributed by atoms with Crippen LogP contribution in [0.25, 0.3) is 11.3 Å². The Balaban J connectivity index is 1.35. The van der Waals surface area contributed by atoms with Crippen molar-refractivity contribution in [3.8, 4) is 11.3 Å². The third-order valence-electron chi connectivity index (χ3n) is 5.93. The number of carbonyl (C=O) groups excluding carboxylic acids is 2. The van der Waals surface area contributed by atoms with E-state index in [1.54, 1.807) is 24.3 Å². The average Bonchev–Trinajstić information content (AvgIpc) is 2.79. The van der Waals surface area contributed by atoms with Crippen molar-refractivity contribution in [2.24, 2.45) is 5.92 Å². The van der Waals surface area contributed by atoms with Gasteiger partial charge >= 0.3 is 0 Å². The topological polar surface area (TPSA) is 74.3 Å². The zero-order chi connectivity index (χ0) is 20.9. The number of hydrogen-bond donors (Lipinski definition) is 2. The van der Waals surface area contributed by atoms with Crippen LogP contribution in [0.1, 0.15) is 36.0 Å². The summed E-state index contributed by atoms with van der Waals surface area (Å²) in [6.45, 7) is 3.21. The van der Waals surface area contributed by atoms with E-state index in [1.165, 1.54) is 18.3 Å². The predicted octanol–water partition coefficient (Wildman–Crippen LogP) is 2.61. The molecular weight excluding hydrogens is 383 g/mol. The van der Waals surface area contributed by atoms with E-state index in [0.717, 1.165) is 45.4 Å². The molecule has 2 aromatic rings. The lowest BCUT2D eigenvalue weighted by molar-refractivity contribution is -0.137. The highest BCUT2D eigenvalue weighted by atomic mass is 19.1. The third kappa shape index (κ3) is 4.84. The summed E-state index contributed by atoms with van der Waals surface area (Å²) in [5.74, 6) is -0.306. The predicted molar refractivity (Wildman–Crippen MR) is 112 cm³/mol. The quantitative estimate of drug-likeness (QED) is 0.813. The minimum Gasteiger partial charge on any atom is -0.349 e. The number of benzene rings is 1. The van der Waals surface area contributed by atoms with Crippen LogP contribution in [0.5, 0.6) is 0 Å². The lowest BCUT2D eigenvalue weighted by atomic mass is 9.84. The maximum Gasteiger partial charge on any atom is 0.253 e. The summed E-state index contributed by atoms with van der Waals surface area (Å²) in [5, 5.41) is 6.34. The van der Waals surface area contributed by atoms with Gasteiger partial charge in [-0.1, -0.05) is 18.6 Å². The summed E-state index contributed by atoms with van der Waals surface area (Å²) in [6.07, 6.45) is 4.90. The minimum atomic E-state index is -0.321. The van der Waals surface area contributed by atoms with Gasteiger partial charge in [0.1, 0.15) is 5.82 Å².